The molecule has 1 aromatic rings. The quantitative estimate of drug-likeness (QED) is 0.371. The molecule has 1 rings (SSSR count). The molecule has 2 atom stereocenters. The van der Waals surface area contributed by atoms with E-state index in [1.165, 1.54) is 6.26 Å². The number of pyridine rings is 1. The smallest absolute Gasteiger partial charge is 0.265 e. The van der Waals surface area contributed by atoms with Crippen LogP contribution >= 0.6 is 0 Å². The molecule has 0 radical (unpaired) electrons. The maximum absolute atomic E-state index is 12.6. The number of aryl methyl sites for hydroxylation is 1. The molecule has 2 unspecified atom stereocenters. The van der Waals surface area contributed by atoms with Crippen LogP contribution in [0, 0.1) is 6.92 Å². The molecule has 0 saturated carbocycles. The lowest BCUT2D eigenvalue weighted by Gasteiger charge is -2.13. The Hall–Kier alpha value is -1.67. The van der Waals surface area contributed by atoms with E-state index in [2.05, 4.69) is 14.5 Å². The van der Waals surface area contributed by atoms with Gasteiger partial charge in [-0.3, -0.25) is 4.98 Å². The topological polar surface area (TPSA) is 99.2 Å². The molecule has 0 bridgehead atoms. The number of hydrogen-bond donors (Lipinski definition) is 1. The molecule has 1 heterocycles. The predicted octanol–water partition coefficient (Wildman–Crippen LogP) is 1.44. The zero-order valence-corrected chi connectivity index (χ0v) is 13.6. The number of rotatable bonds is 6. The van der Waals surface area contributed by atoms with E-state index in [0.717, 1.165) is 11.3 Å². The minimum atomic E-state index is -2.60. The summed E-state index contributed by atoms with van der Waals surface area (Å²) < 4.78 is 21.4. The van der Waals surface area contributed by atoms with Gasteiger partial charge in [0.1, 0.15) is 6.61 Å². The first-order valence-electron chi connectivity index (χ1n) is 6.44. The molecule has 8 heteroatoms. The number of aromatic nitrogens is 1. The van der Waals surface area contributed by atoms with Crippen molar-refractivity contribution in [2.75, 3.05) is 26.6 Å². The summed E-state index contributed by atoms with van der Waals surface area (Å²) in [6.45, 7) is 4.36. The fraction of sp³-hybridized carbons (Fsp3) is 0.538. The van der Waals surface area contributed by atoms with Crippen LogP contribution in [0.3, 0.4) is 0 Å². The highest BCUT2D eigenvalue weighted by Gasteiger charge is 2.17. The summed E-state index contributed by atoms with van der Waals surface area (Å²) in [7, 11) is -1.05. The van der Waals surface area contributed by atoms with Gasteiger partial charge in [0.05, 0.1) is 21.6 Å². The Morgan fingerprint density at radius 3 is 2.76 bits per heavy atom. The van der Waals surface area contributed by atoms with Crippen LogP contribution in [0.2, 0.25) is 0 Å². The zero-order chi connectivity index (χ0) is 15.9. The van der Waals surface area contributed by atoms with Crippen LogP contribution in [0.25, 0.3) is 0 Å². The molecule has 21 heavy (non-hydrogen) atoms. The lowest BCUT2D eigenvalue weighted by Crippen LogP contribution is -2.16. The number of hydrogen-bond acceptors (Lipinski definition) is 5. The third-order valence-corrected chi connectivity index (χ3v) is 5.01. The minimum absolute atomic E-state index is 0.148. The molecule has 0 fully saturated rings. The van der Waals surface area contributed by atoms with Crippen LogP contribution in [-0.2, 0) is 19.3 Å². The first-order chi connectivity index (χ1) is 9.86. The minimum Gasteiger partial charge on any atom is -0.390 e. The molecule has 0 aliphatic heterocycles. The SMILES string of the molecule is COCCO/N=C(\N)N=S(C)(=O)C(C)c1ccc(C)nc1. The van der Waals surface area contributed by atoms with Gasteiger partial charge in [-0.2, -0.15) is 4.36 Å². The van der Waals surface area contributed by atoms with Crippen LogP contribution in [0.5, 0.6) is 0 Å². The highest BCUT2D eigenvalue weighted by Crippen LogP contribution is 2.22. The molecule has 2 N–H and O–H groups in total. The predicted molar refractivity (Wildman–Crippen MR) is 83.3 cm³/mol. The van der Waals surface area contributed by atoms with Gasteiger partial charge in [0.25, 0.3) is 5.96 Å². The molecule has 0 aliphatic rings. The summed E-state index contributed by atoms with van der Waals surface area (Å²) in [5, 5.41) is 3.27. The van der Waals surface area contributed by atoms with E-state index in [1.54, 1.807) is 13.3 Å². The number of guanidine groups is 1. The Morgan fingerprint density at radius 2 is 2.19 bits per heavy atom. The number of nitrogens with zero attached hydrogens (tertiary/aromatic N) is 3. The molecule has 0 aliphatic carbocycles. The van der Waals surface area contributed by atoms with Gasteiger partial charge in [-0.15, -0.1) is 0 Å². The second-order valence-corrected chi connectivity index (χ2v) is 7.21. The van der Waals surface area contributed by atoms with Gasteiger partial charge >= 0.3 is 0 Å². The molecule has 0 amide bonds. The number of methoxy groups -OCH3 is 1. The van der Waals surface area contributed by atoms with Crippen LogP contribution < -0.4 is 5.73 Å². The molecular formula is C13H22N4O3S. The molecule has 0 saturated heterocycles. The van der Waals surface area contributed by atoms with Crippen molar-refractivity contribution >= 4 is 15.7 Å². The normalized spacial score (nSPS) is 16.1. The highest BCUT2D eigenvalue weighted by molar-refractivity contribution is 7.93. The van der Waals surface area contributed by atoms with Crippen molar-refractivity contribution in [1.29, 1.82) is 0 Å². The van der Waals surface area contributed by atoms with Crippen molar-refractivity contribution in [3.05, 3.63) is 29.6 Å². The van der Waals surface area contributed by atoms with E-state index in [0.29, 0.717) is 6.61 Å². The molecule has 118 valence electrons. The average Bonchev–Trinajstić information content (AvgIpc) is 2.43. The summed E-state index contributed by atoms with van der Waals surface area (Å²) in [6, 6.07) is 3.75. The Labute approximate surface area is 125 Å². The van der Waals surface area contributed by atoms with Gasteiger partial charge in [0.15, 0.2) is 0 Å². The van der Waals surface area contributed by atoms with Crippen molar-refractivity contribution in [1.82, 2.24) is 4.98 Å². The van der Waals surface area contributed by atoms with Crippen molar-refractivity contribution in [2.45, 2.75) is 19.1 Å². The van der Waals surface area contributed by atoms with Crippen LogP contribution in [0.4, 0.5) is 0 Å². The monoisotopic (exact) mass is 314 g/mol. The molecule has 7 nitrogen and oxygen atoms in total. The van der Waals surface area contributed by atoms with Crippen molar-refractivity contribution in [3.8, 4) is 0 Å². The highest BCUT2D eigenvalue weighted by atomic mass is 32.2. The van der Waals surface area contributed by atoms with Crippen molar-refractivity contribution in [2.24, 2.45) is 15.3 Å². The second kappa shape index (κ2) is 7.94. The van der Waals surface area contributed by atoms with Gasteiger partial charge in [-0.1, -0.05) is 6.07 Å². The van der Waals surface area contributed by atoms with E-state index in [1.807, 2.05) is 26.0 Å². The van der Waals surface area contributed by atoms with Crippen molar-refractivity contribution < 1.29 is 13.8 Å². The Morgan fingerprint density at radius 1 is 1.48 bits per heavy atom. The maximum atomic E-state index is 12.6. The average molecular weight is 314 g/mol. The van der Waals surface area contributed by atoms with Crippen LogP contribution in [-0.4, -0.2) is 41.7 Å². The van der Waals surface area contributed by atoms with E-state index in [4.69, 9.17) is 15.3 Å². The second-order valence-electron chi connectivity index (χ2n) is 4.60. The van der Waals surface area contributed by atoms with E-state index in [9.17, 15) is 4.21 Å². The lowest BCUT2D eigenvalue weighted by molar-refractivity contribution is 0.0747. The van der Waals surface area contributed by atoms with Crippen LogP contribution in [0.1, 0.15) is 23.4 Å². The first kappa shape index (κ1) is 17.4. The fourth-order valence-corrected chi connectivity index (χ4v) is 2.69. The van der Waals surface area contributed by atoms with Crippen LogP contribution in [0.15, 0.2) is 27.8 Å². The summed E-state index contributed by atoms with van der Waals surface area (Å²) in [5.41, 5.74) is 7.34. The van der Waals surface area contributed by atoms with Gasteiger partial charge in [0, 0.05) is 25.3 Å². The Kier molecular flexibility index (Phi) is 6.57. The zero-order valence-electron chi connectivity index (χ0n) is 12.8. The summed E-state index contributed by atoms with van der Waals surface area (Å²) in [5.74, 6) is -0.148. The largest absolute Gasteiger partial charge is 0.390 e. The van der Waals surface area contributed by atoms with E-state index >= 15 is 0 Å². The molecule has 0 aromatic carbocycles. The standard InChI is InChI=1S/C13H22N4O3S/c1-10-5-6-12(9-15-10)11(2)21(4,18)17-13(14)16-20-8-7-19-3/h5-6,9,11H,7-8H2,1-4H3,(H2,14,16). The fourth-order valence-electron chi connectivity index (χ4n) is 1.49. The maximum Gasteiger partial charge on any atom is 0.265 e. The molecular weight excluding hydrogens is 292 g/mol. The molecule has 0 spiro atoms. The summed E-state index contributed by atoms with van der Waals surface area (Å²) >= 11 is 0. The van der Waals surface area contributed by atoms with Gasteiger partial charge in [0.2, 0.25) is 0 Å². The van der Waals surface area contributed by atoms with Gasteiger partial charge in [-0.25, -0.2) is 4.21 Å². The third-order valence-electron chi connectivity index (χ3n) is 2.87. The summed E-state index contributed by atoms with van der Waals surface area (Å²) in [4.78, 5) is 9.08. The lowest BCUT2D eigenvalue weighted by atomic mass is 10.2. The van der Waals surface area contributed by atoms with Crippen molar-refractivity contribution in [3.63, 3.8) is 0 Å². The summed E-state index contributed by atoms with van der Waals surface area (Å²) in [6.07, 6.45) is 3.23. The van der Waals surface area contributed by atoms with E-state index in [-0.39, 0.29) is 17.8 Å². The van der Waals surface area contributed by atoms with Gasteiger partial charge < -0.3 is 15.3 Å². The van der Waals surface area contributed by atoms with Gasteiger partial charge in [-0.05, 0) is 30.6 Å². The Bertz CT molecular complexity index is 592. The Balaban J connectivity index is 2.85. The third kappa shape index (κ3) is 5.68. The number of oxime groups is 1. The first-order valence-corrected chi connectivity index (χ1v) is 8.43. The number of nitrogens with two attached hydrogens (primary N) is 1. The van der Waals surface area contributed by atoms with E-state index < -0.39 is 9.73 Å². The number of ether oxygens (including phenoxy) is 1. The molecule has 1 aromatic heterocycles.